The smallest absolute Gasteiger partial charge is 0.407 e. The van der Waals surface area contributed by atoms with Crippen LogP contribution in [0, 0.1) is 11.8 Å². The molecule has 0 aliphatic carbocycles. The molecule has 4 amide bonds. The lowest BCUT2D eigenvalue weighted by atomic mass is 10.0. The van der Waals surface area contributed by atoms with Crippen molar-refractivity contribution < 1.29 is 28.8 Å². The second-order valence-electron chi connectivity index (χ2n) is 10.3. The molecule has 0 bridgehead atoms. The Morgan fingerprint density at radius 3 is 2.39 bits per heavy atom. The number of hydrogen-bond acceptors (Lipinski definition) is 7. The third-order valence-corrected chi connectivity index (χ3v) is 7.33. The molecule has 1 atom stereocenters. The molecule has 2 N–H and O–H groups in total. The van der Waals surface area contributed by atoms with Gasteiger partial charge in [0.25, 0.3) is 17.7 Å². The van der Waals surface area contributed by atoms with Crippen LogP contribution < -0.4 is 15.7 Å². The van der Waals surface area contributed by atoms with E-state index in [0.29, 0.717) is 17.5 Å². The Morgan fingerprint density at radius 1 is 0.886 bits per heavy atom. The minimum absolute atomic E-state index is 0.0750. The van der Waals surface area contributed by atoms with E-state index in [9.17, 15) is 19.2 Å². The highest BCUT2D eigenvalue weighted by Crippen LogP contribution is 2.27. The van der Waals surface area contributed by atoms with Gasteiger partial charge in [0.05, 0.1) is 23.5 Å². The van der Waals surface area contributed by atoms with E-state index in [0.717, 1.165) is 33.0 Å². The monoisotopic (exact) mass is 588 g/mol. The highest BCUT2D eigenvalue weighted by atomic mass is 16.7. The molecular weight excluding hydrogens is 560 g/mol. The maximum absolute atomic E-state index is 13.7. The summed E-state index contributed by atoms with van der Waals surface area (Å²) in [7, 11) is 0. The Hall–Kier alpha value is -5.66. The Labute approximate surface area is 253 Å². The van der Waals surface area contributed by atoms with E-state index in [4.69, 9.17) is 9.57 Å². The van der Waals surface area contributed by atoms with Crippen LogP contribution in [0.1, 0.15) is 39.0 Å². The standard InChI is InChI=1S/C34H28N4O6/c39-31-16-17-32(40)37(31)19-5-18-35-34(42)43-22-23-10-12-25(13-11-23)29-20-27(44-36-29)21-38-30-9-4-2-7-26(30)15-14-24-6-1-3-8-28(24)33(38)41/h1-4,6-13,16-17,20,27,36H,5,18-19,21-22H2,(H,35,42). The van der Waals surface area contributed by atoms with Crippen LogP contribution in [0.4, 0.5) is 10.5 Å². The molecule has 1 unspecified atom stereocenters. The van der Waals surface area contributed by atoms with Gasteiger partial charge in [-0.3, -0.25) is 29.6 Å². The summed E-state index contributed by atoms with van der Waals surface area (Å²) in [6.45, 7) is 0.853. The number of hydrogen-bond donors (Lipinski definition) is 2. The molecule has 6 rings (SSSR count). The summed E-state index contributed by atoms with van der Waals surface area (Å²) >= 11 is 0. The Kier molecular flexibility index (Phi) is 8.21. The highest BCUT2D eigenvalue weighted by molar-refractivity contribution is 6.13. The molecule has 0 saturated carbocycles. The number of carbonyl (C=O) groups is 4. The lowest BCUT2D eigenvalue weighted by molar-refractivity contribution is -0.136. The molecule has 3 aliphatic heterocycles. The van der Waals surface area contributed by atoms with Gasteiger partial charge in [-0.25, -0.2) is 4.79 Å². The SMILES string of the molecule is O=C(NCCCN1C(=O)C=CC1=O)OCc1ccc(C2=CC(CN3C(=O)c4ccccc4C#Cc4ccccc43)ON2)cc1. The number of alkyl carbamates (subject to hydrolysis) is 1. The number of nitrogens with one attached hydrogen (secondary N) is 2. The number of nitrogens with zero attached hydrogens (tertiary/aromatic N) is 2. The third-order valence-electron chi connectivity index (χ3n) is 7.33. The predicted molar refractivity (Wildman–Crippen MR) is 162 cm³/mol. The van der Waals surface area contributed by atoms with Crippen molar-refractivity contribution in [2.45, 2.75) is 19.1 Å². The van der Waals surface area contributed by atoms with Crippen LogP contribution in [0.5, 0.6) is 0 Å². The zero-order chi connectivity index (χ0) is 30.5. The van der Waals surface area contributed by atoms with Crippen LogP contribution >= 0.6 is 0 Å². The van der Waals surface area contributed by atoms with Gasteiger partial charge in [0.15, 0.2) is 0 Å². The highest BCUT2D eigenvalue weighted by Gasteiger charge is 2.28. The van der Waals surface area contributed by atoms with Crippen molar-refractivity contribution in [3.8, 4) is 11.8 Å². The summed E-state index contributed by atoms with van der Waals surface area (Å²) in [5.41, 5.74) is 8.13. The number of para-hydroxylation sites is 1. The maximum atomic E-state index is 13.7. The van der Waals surface area contributed by atoms with Crippen LogP contribution in [0.25, 0.3) is 5.70 Å². The molecule has 220 valence electrons. The van der Waals surface area contributed by atoms with E-state index in [1.807, 2.05) is 72.8 Å². The first kappa shape index (κ1) is 28.5. The number of carbonyl (C=O) groups excluding carboxylic acids is 4. The van der Waals surface area contributed by atoms with E-state index in [2.05, 4.69) is 22.6 Å². The fraction of sp³-hybridized carbons (Fsp3) is 0.176. The van der Waals surface area contributed by atoms with Crippen molar-refractivity contribution in [1.29, 1.82) is 0 Å². The molecular formula is C34H28N4O6. The largest absolute Gasteiger partial charge is 0.445 e. The second kappa shape index (κ2) is 12.7. The zero-order valence-electron chi connectivity index (χ0n) is 23.6. The molecule has 0 fully saturated rings. The Balaban J connectivity index is 1.03. The minimum atomic E-state index is -0.586. The average molecular weight is 589 g/mol. The van der Waals surface area contributed by atoms with Crippen molar-refractivity contribution in [3.63, 3.8) is 0 Å². The summed E-state index contributed by atoms with van der Waals surface area (Å²) in [5, 5.41) is 2.62. The molecule has 0 spiro atoms. The molecule has 0 aromatic heterocycles. The van der Waals surface area contributed by atoms with Crippen LogP contribution in [-0.2, 0) is 25.8 Å². The summed E-state index contributed by atoms with van der Waals surface area (Å²) in [4.78, 5) is 57.6. The number of benzene rings is 3. The molecule has 3 aliphatic rings. The van der Waals surface area contributed by atoms with Crippen molar-refractivity contribution in [3.05, 3.63) is 119 Å². The Bertz CT molecular complexity index is 1730. The first-order chi connectivity index (χ1) is 21.5. The quantitative estimate of drug-likeness (QED) is 0.223. The molecule has 0 saturated heterocycles. The van der Waals surface area contributed by atoms with Gasteiger partial charge in [-0.2, -0.15) is 0 Å². The zero-order valence-corrected chi connectivity index (χ0v) is 23.6. The van der Waals surface area contributed by atoms with Gasteiger partial charge in [-0.05, 0) is 47.9 Å². The normalized spacial score (nSPS) is 16.7. The van der Waals surface area contributed by atoms with Crippen LogP contribution in [-0.4, -0.2) is 54.5 Å². The number of ether oxygens (including phenoxy) is 1. The number of fused-ring (bicyclic) bond motifs is 2. The summed E-state index contributed by atoms with van der Waals surface area (Å²) in [6, 6.07) is 22.4. The lowest BCUT2D eigenvalue weighted by Crippen LogP contribution is -2.39. The molecule has 0 radical (unpaired) electrons. The molecule has 10 heteroatoms. The van der Waals surface area contributed by atoms with Crippen LogP contribution in [0.3, 0.4) is 0 Å². The van der Waals surface area contributed by atoms with Crippen molar-refractivity contribution >= 4 is 35.2 Å². The van der Waals surface area contributed by atoms with Gasteiger partial charge in [0.2, 0.25) is 0 Å². The summed E-state index contributed by atoms with van der Waals surface area (Å²) < 4.78 is 5.28. The van der Waals surface area contributed by atoms with Crippen molar-refractivity contribution in [2.24, 2.45) is 0 Å². The lowest BCUT2D eigenvalue weighted by Gasteiger charge is -2.27. The average Bonchev–Trinajstić information content (AvgIpc) is 3.65. The second-order valence-corrected chi connectivity index (χ2v) is 10.3. The predicted octanol–water partition coefficient (Wildman–Crippen LogP) is 3.53. The van der Waals surface area contributed by atoms with Gasteiger partial charge in [-0.15, -0.1) is 0 Å². The van der Waals surface area contributed by atoms with Crippen molar-refractivity contribution in [2.75, 3.05) is 24.5 Å². The van der Waals surface area contributed by atoms with Gasteiger partial charge >= 0.3 is 6.09 Å². The molecule has 10 nitrogen and oxygen atoms in total. The van der Waals surface area contributed by atoms with Gasteiger partial charge in [0, 0.05) is 36.4 Å². The fourth-order valence-electron chi connectivity index (χ4n) is 5.04. The molecule has 44 heavy (non-hydrogen) atoms. The van der Waals surface area contributed by atoms with Gasteiger partial charge < -0.3 is 15.0 Å². The van der Waals surface area contributed by atoms with Gasteiger partial charge in [-0.1, -0.05) is 60.4 Å². The van der Waals surface area contributed by atoms with E-state index in [-0.39, 0.29) is 44.0 Å². The van der Waals surface area contributed by atoms with Crippen LogP contribution in [0.2, 0.25) is 0 Å². The topological polar surface area (TPSA) is 117 Å². The van der Waals surface area contributed by atoms with E-state index >= 15 is 0 Å². The van der Waals surface area contributed by atoms with E-state index in [1.54, 1.807) is 11.0 Å². The Morgan fingerprint density at radius 2 is 1.59 bits per heavy atom. The number of amides is 4. The van der Waals surface area contributed by atoms with E-state index in [1.165, 1.54) is 12.2 Å². The number of imide groups is 1. The van der Waals surface area contributed by atoms with Crippen molar-refractivity contribution in [1.82, 2.24) is 15.7 Å². The first-order valence-corrected chi connectivity index (χ1v) is 14.2. The van der Waals surface area contributed by atoms with Crippen LogP contribution in [0.15, 0.2) is 91.0 Å². The summed E-state index contributed by atoms with van der Waals surface area (Å²) in [5.74, 6) is 5.50. The molecule has 3 aromatic carbocycles. The van der Waals surface area contributed by atoms with Gasteiger partial charge in [0.1, 0.15) is 12.7 Å². The fourth-order valence-corrected chi connectivity index (χ4v) is 5.04. The summed E-state index contributed by atoms with van der Waals surface area (Å²) in [6.07, 6.45) is 3.82. The number of hydroxylamine groups is 1. The molecule has 3 aromatic rings. The molecule has 3 heterocycles. The minimum Gasteiger partial charge on any atom is -0.445 e. The first-order valence-electron chi connectivity index (χ1n) is 14.2. The number of anilines is 1. The van der Waals surface area contributed by atoms with E-state index < -0.39 is 12.2 Å². The number of rotatable bonds is 9. The third kappa shape index (κ3) is 6.23. The maximum Gasteiger partial charge on any atom is 0.407 e.